The fraction of sp³-hybridized carbons (Fsp3) is 0.227. The Morgan fingerprint density at radius 1 is 1.13 bits per heavy atom. The molecular formula is C22H18N2O5S. The lowest BCUT2D eigenvalue weighted by Crippen LogP contribution is -2.48. The molecule has 1 amide bonds. The number of cyclic esters (lactones) is 1. The topological polar surface area (TPSA) is 86.8 Å². The molecule has 1 unspecified atom stereocenters. The van der Waals surface area contributed by atoms with Crippen LogP contribution in [0.4, 0.5) is 5.13 Å². The highest BCUT2D eigenvalue weighted by Gasteiger charge is 2.42. The van der Waals surface area contributed by atoms with Gasteiger partial charge in [0.1, 0.15) is 13.2 Å². The highest BCUT2D eigenvalue weighted by atomic mass is 32.1. The van der Waals surface area contributed by atoms with Crippen LogP contribution in [-0.4, -0.2) is 35.7 Å². The number of nitrogens with zero attached hydrogens (tertiary/aromatic N) is 1. The number of carbonyl (C=O) groups is 2. The Kier molecular flexibility index (Phi) is 4.43. The van der Waals surface area contributed by atoms with Gasteiger partial charge in [0.25, 0.3) is 5.91 Å². The van der Waals surface area contributed by atoms with Gasteiger partial charge in [0.05, 0.1) is 11.3 Å². The van der Waals surface area contributed by atoms with E-state index in [9.17, 15) is 9.59 Å². The molecule has 5 rings (SSSR count). The average Bonchev–Trinajstić information content (AvgIpc) is 3.22. The van der Waals surface area contributed by atoms with E-state index in [0.29, 0.717) is 47.5 Å². The number of ether oxygens (including phenoxy) is 3. The monoisotopic (exact) mass is 422 g/mol. The van der Waals surface area contributed by atoms with Crippen LogP contribution in [0.5, 0.6) is 11.5 Å². The van der Waals surface area contributed by atoms with Gasteiger partial charge in [-0.1, -0.05) is 18.2 Å². The SMILES string of the molecule is CC1(C(=O)Nc2nc(-c3ccc4c(c3)OCCO4)cs2)Cc2ccccc2C(=O)O1. The standard InChI is InChI=1S/C22H18N2O5S/c1-22(11-14-4-2-3-5-15(14)19(25)29-22)20(26)24-21-23-16(12-30-21)13-6-7-17-18(10-13)28-9-8-27-17/h2-7,10,12H,8-9,11H2,1H3,(H,23,24,26). The lowest BCUT2D eigenvalue weighted by Gasteiger charge is -2.32. The first-order chi connectivity index (χ1) is 14.5. The molecule has 0 fully saturated rings. The molecule has 0 radical (unpaired) electrons. The first kappa shape index (κ1) is 18.6. The third-order valence-electron chi connectivity index (χ3n) is 5.13. The Morgan fingerprint density at radius 2 is 1.93 bits per heavy atom. The fourth-order valence-corrected chi connectivity index (χ4v) is 4.27. The largest absolute Gasteiger partial charge is 0.486 e. The van der Waals surface area contributed by atoms with Crippen LogP contribution in [0.3, 0.4) is 0 Å². The third kappa shape index (κ3) is 3.29. The minimum absolute atomic E-state index is 0.307. The second kappa shape index (κ2) is 7.14. The van der Waals surface area contributed by atoms with Crippen molar-refractivity contribution in [3.63, 3.8) is 0 Å². The van der Waals surface area contributed by atoms with Crippen LogP contribution >= 0.6 is 11.3 Å². The summed E-state index contributed by atoms with van der Waals surface area (Å²) in [5.74, 6) is 0.484. The molecule has 30 heavy (non-hydrogen) atoms. The molecular weight excluding hydrogens is 404 g/mol. The van der Waals surface area contributed by atoms with Gasteiger partial charge in [-0.2, -0.15) is 0 Å². The second-order valence-corrected chi connectivity index (χ2v) is 8.16. The number of rotatable bonds is 3. The molecule has 3 heterocycles. The molecule has 0 saturated carbocycles. The minimum atomic E-state index is -1.30. The molecule has 1 atom stereocenters. The first-order valence-electron chi connectivity index (χ1n) is 9.50. The highest BCUT2D eigenvalue weighted by Crippen LogP contribution is 2.36. The normalized spacial score (nSPS) is 19.6. The van der Waals surface area contributed by atoms with Crippen molar-refractivity contribution in [3.8, 4) is 22.8 Å². The Hall–Kier alpha value is -3.39. The predicted octanol–water partition coefficient (Wildman–Crippen LogP) is 3.69. The van der Waals surface area contributed by atoms with Crippen molar-refractivity contribution in [2.75, 3.05) is 18.5 Å². The van der Waals surface area contributed by atoms with Gasteiger partial charge in [-0.15, -0.1) is 11.3 Å². The molecule has 0 bridgehead atoms. The molecule has 0 saturated heterocycles. The van der Waals surface area contributed by atoms with E-state index in [2.05, 4.69) is 10.3 Å². The third-order valence-corrected chi connectivity index (χ3v) is 5.88. The van der Waals surface area contributed by atoms with Crippen molar-refractivity contribution < 1.29 is 23.8 Å². The van der Waals surface area contributed by atoms with Gasteiger partial charge in [-0.25, -0.2) is 9.78 Å². The predicted molar refractivity (Wildman–Crippen MR) is 111 cm³/mol. The number of nitrogens with one attached hydrogen (secondary N) is 1. The first-order valence-corrected chi connectivity index (χ1v) is 10.4. The zero-order chi connectivity index (χ0) is 20.7. The van der Waals surface area contributed by atoms with Gasteiger partial charge in [-0.3, -0.25) is 10.1 Å². The zero-order valence-corrected chi connectivity index (χ0v) is 17.0. The molecule has 152 valence electrons. The maximum Gasteiger partial charge on any atom is 0.339 e. The smallest absolute Gasteiger partial charge is 0.339 e. The van der Waals surface area contributed by atoms with E-state index in [-0.39, 0.29) is 0 Å². The maximum atomic E-state index is 12.9. The summed E-state index contributed by atoms with van der Waals surface area (Å²) in [6, 6.07) is 12.8. The van der Waals surface area contributed by atoms with Crippen molar-refractivity contribution in [2.45, 2.75) is 18.9 Å². The van der Waals surface area contributed by atoms with Crippen molar-refractivity contribution >= 4 is 28.3 Å². The Morgan fingerprint density at radius 3 is 2.80 bits per heavy atom. The molecule has 1 aromatic heterocycles. The fourth-order valence-electron chi connectivity index (χ4n) is 3.56. The van der Waals surface area contributed by atoms with Crippen LogP contribution < -0.4 is 14.8 Å². The Balaban J connectivity index is 1.34. The number of amides is 1. The van der Waals surface area contributed by atoms with E-state index < -0.39 is 17.5 Å². The lowest BCUT2D eigenvalue weighted by molar-refractivity contribution is -0.134. The summed E-state index contributed by atoms with van der Waals surface area (Å²) in [6.07, 6.45) is 0.307. The lowest BCUT2D eigenvalue weighted by atomic mass is 9.89. The van der Waals surface area contributed by atoms with Crippen molar-refractivity contribution in [1.82, 2.24) is 4.98 Å². The quantitative estimate of drug-likeness (QED) is 0.648. The number of anilines is 1. The van der Waals surface area contributed by atoms with Gasteiger partial charge in [-0.05, 0) is 36.8 Å². The molecule has 0 spiro atoms. The van der Waals surface area contributed by atoms with E-state index in [0.717, 1.165) is 11.1 Å². The maximum absolute atomic E-state index is 12.9. The summed E-state index contributed by atoms with van der Waals surface area (Å²) in [7, 11) is 0. The molecule has 0 aliphatic carbocycles. The van der Waals surface area contributed by atoms with Crippen molar-refractivity contribution in [1.29, 1.82) is 0 Å². The minimum Gasteiger partial charge on any atom is -0.486 e. The molecule has 1 N–H and O–H groups in total. The number of thiazole rings is 1. The van der Waals surface area contributed by atoms with Crippen molar-refractivity contribution in [2.24, 2.45) is 0 Å². The average molecular weight is 422 g/mol. The van der Waals surface area contributed by atoms with E-state index in [4.69, 9.17) is 14.2 Å². The number of aromatic nitrogens is 1. The zero-order valence-electron chi connectivity index (χ0n) is 16.1. The number of hydrogen-bond acceptors (Lipinski definition) is 7. The van der Waals surface area contributed by atoms with Gasteiger partial charge >= 0.3 is 5.97 Å². The molecule has 2 aliphatic rings. The van der Waals surface area contributed by atoms with Crippen molar-refractivity contribution in [3.05, 3.63) is 59.0 Å². The number of hydrogen-bond donors (Lipinski definition) is 1. The summed E-state index contributed by atoms with van der Waals surface area (Å²) in [6.45, 7) is 2.66. The highest BCUT2D eigenvalue weighted by molar-refractivity contribution is 7.14. The number of fused-ring (bicyclic) bond motifs is 2. The van der Waals surface area contributed by atoms with Gasteiger partial charge in [0, 0.05) is 17.4 Å². The summed E-state index contributed by atoms with van der Waals surface area (Å²) < 4.78 is 16.6. The summed E-state index contributed by atoms with van der Waals surface area (Å²) in [5, 5.41) is 5.08. The molecule has 7 nitrogen and oxygen atoms in total. The van der Waals surface area contributed by atoms with Gasteiger partial charge < -0.3 is 14.2 Å². The molecule has 2 aliphatic heterocycles. The van der Waals surface area contributed by atoms with E-state index in [1.165, 1.54) is 11.3 Å². The van der Waals surface area contributed by atoms with Crippen LogP contribution in [0.25, 0.3) is 11.3 Å². The summed E-state index contributed by atoms with van der Waals surface area (Å²) >= 11 is 1.30. The van der Waals surface area contributed by atoms with E-state index in [1.54, 1.807) is 19.1 Å². The van der Waals surface area contributed by atoms with Gasteiger partial charge in [0.2, 0.25) is 0 Å². The number of benzene rings is 2. The van der Waals surface area contributed by atoms with Crippen LogP contribution in [-0.2, 0) is 16.0 Å². The second-order valence-electron chi connectivity index (χ2n) is 7.30. The number of esters is 1. The molecule has 2 aromatic carbocycles. The Labute approximate surface area is 176 Å². The molecule has 3 aromatic rings. The van der Waals surface area contributed by atoms with Gasteiger partial charge in [0.15, 0.2) is 22.2 Å². The summed E-state index contributed by atoms with van der Waals surface area (Å²) in [4.78, 5) is 29.8. The van der Waals surface area contributed by atoms with E-state index >= 15 is 0 Å². The summed E-state index contributed by atoms with van der Waals surface area (Å²) in [5.41, 5.74) is 1.57. The van der Waals surface area contributed by atoms with Crippen LogP contribution in [0.2, 0.25) is 0 Å². The van der Waals surface area contributed by atoms with Crippen LogP contribution in [0.1, 0.15) is 22.8 Å². The number of carbonyl (C=O) groups excluding carboxylic acids is 2. The molecule has 8 heteroatoms. The van der Waals surface area contributed by atoms with Crippen LogP contribution in [0, 0.1) is 0 Å². The van der Waals surface area contributed by atoms with Crippen LogP contribution in [0.15, 0.2) is 47.8 Å². The van der Waals surface area contributed by atoms with E-state index in [1.807, 2.05) is 35.7 Å². The Bertz CT molecular complexity index is 1160.